The maximum Gasteiger partial charge on any atom is 0.411 e. The fourth-order valence-corrected chi connectivity index (χ4v) is 3.78. The molecule has 2 atom stereocenters. The Morgan fingerprint density at radius 3 is 2.50 bits per heavy atom. The Morgan fingerprint density at radius 1 is 1.16 bits per heavy atom. The molecular formula is C22H25N5O5. The smallest absolute Gasteiger partial charge is 0.391 e. The molecular weight excluding hydrogens is 414 g/mol. The fourth-order valence-electron chi connectivity index (χ4n) is 3.78. The van der Waals surface area contributed by atoms with Crippen LogP contribution in [0.2, 0.25) is 0 Å². The zero-order chi connectivity index (χ0) is 23.3. The monoisotopic (exact) mass is 439 g/mol. The average Bonchev–Trinajstić information content (AvgIpc) is 2.79. The Hall–Kier alpha value is -3.95. The molecule has 4 amide bonds. The summed E-state index contributed by atoms with van der Waals surface area (Å²) in [6.45, 7) is 1.75. The molecule has 168 valence electrons. The lowest BCUT2D eigenvalue weighted by atomic mass is 9.88. The van der Waals surface area contributed by atoms with Gasteiger partial charge in [0, 0.05) is 19.2 Å². The van der Waals surface area contributed by atoms with Gasteiger partial charge in [-0.1, -0.05) is 30.3 Å². The number of benzene rings is 1. The van der Waals surface area contributed by atoms with Crippen molar-refractivity contribution in [1.29, 1.82) is 0 Å². The van der Waals surface area contributed by atoms with Crippen molar-refractivity contribution in [2.45, 2.75) is 25.8 Å². The predicted octanol–water partition coefficient (Wildman–Crippen LogP) is 1.51. The fraction of sp³-hybridized carbons (Fsp3) is 0.318. The summed E-state index contributed by atoms with van der Waals surface area (Å²) < 4.78 is 4.76. The molecule has 1 aliphatic heterocycles. The summed E-state index contributed by atoms with van der Waals surface area (Å²) in [4.78, 5) is 54.4. The molecule has 1 aromatic carbocycles. The highest BCUT2D eigenvalue weighted by Crippen LogP contribution is 2.33. The van der Waals surface area contributed by atoms with E-state index in [1.807, 2.05) is 30.3 Å². The van der Waals surface area contributed by atoms with E-state index in [2.05, 4.69) is 15.6 Å². The number of ether oxygens (including phenoxy) is 1. The normalized spacial score (nSPS) is 17.9. The summed E-state index contributed by atoms with van der Waals surface area (Å²) >= 11 is 0. The molecule has 10 nitrogen and oxygen atoms in total. The first-order valence-corrected chi connectivity index (χ1v) is 10.1. The maximum atomic E-state index is 13.1. The standard InChI is InChI=1S/C22H25N5O5/c1-13-10-16(11-25-20(13)32-22(23)31)26-19(29)21(30)27-12-15(18(28)24-2)8-9-17(27)14-6-4-3-5-7-14/h3-7,10-11,15,17H,8-9,12H2,1-2H3,(H2,23,31)(H,24,28)(H,26,29). The van der Waals surface area contributed by atoms with Gasteiger partial charge in [-0.3, -0.25) is 14.4 Å². The molecule has 1 aromatic heterocycles. The van der Waals surface area contributed by atoms with Crippen LogP contribution < -0.4 is 21.1 Å². The number of nitrogens with zero attached hydrogens (tertiary/aromatic N) is 2. The number of pyridine rings is 1. The summed E-state index contributed by atoms with van der Waals surface area (Å²) in [7, 11) is 1.55. The number of rotatable bonds is 4. The lowest BCUT2D eigenvalue weighted by Gasteiger charge is -2.39. The molecule has 0 radical (unpaired) electrons. The minimum atomic E-state index is -1.00. The average molecular weight is 439 g/mol. The first-order chi connectivity index (χ1) is 15.3. The van der Waals surface area contributed by atoms with Crippen LogP contribution in [0.1, 0.15) is 30.0 Å². The van der Waals surface area contributed by atoms with E-state index in [9.17, 15) is 19.2 Å². The zero-order valence-electron chi connectivity index (χ0n) is 17.8. The van der Waals surface area contributed by atoms with Crippen molar-refractivity contribution < 1.29 is 23.9 Å². The molecule has 32 heavy (non-hydrogen) atoms. The van der Waals surface area contributed by atoms with Gasteiger partial charge in [0.15, 0.2) is 0 Å². The Kier molecular flexibility index (Phi) is 7.04. The summed E-state index contributed by atoms with van der Waals surface area (Å²) in [6.07, 6.45) is 1.42. The Morgan fingerprint density at radius 2 is 1.88 bits per heavy atom. The Balaban J connectivity index is 1.79. The number of nitrogens with two attached hydrogens (primary N) is 1. The molecule has 2 aromatic rings. The minimum Gasteiger partial charge on any atom is -0.391 e. The summed E-state index contributed by atoms with van der Waals surface area (Å²) in [5, 5.41) is 5.14. The van der Waals surface area contributed by atoms with E-state index in [0.29, 0.717) is 18.4 Å². The zero-order valence-corrected chi connectivity index (χ0v) is 17.8. The molecule has 0 spiro atoms. The summed E-state index contributed by atoms with van der Waals surface area (Å²) in [6, 6.07) is 10.6. The summed E-state index contributed by atoms with van der Waals surface area (Å²) in [5.41, 5.74) is 6.60. The van der Waals surface area contributed by atoms with E-state index in [4.69, 9.17) is 10.5 Å². The number of hydrogen-bond donors (Lipinski definition) is 3. The molecule has 1 saturated heterocycles. The van der Waals surface area contributed by atoms with Crippen molar-refractivity contribution in [1.82, 2.24) is 15.2 Å². The van der Waals surface area contributed by atoms with Gasteiger partial charge in [0.1, 0.15) is 0 Å². The molecule has 1 fully saturated rings. The number of carbonyl (C=O) groups is 4. The van der Waals surface area contributed by atoms with Crippen molar-refractivity contribution in [3.8, 4) is 5.88 Å². The Bertz CT molecular complexity index is 1030. The van der Waals surface area contributed by atoms with Gasteiger partial charge in [0.25, 0.3) is 0 Å². The van der Waals surface area contributed by atoms with Gasteiger partial charge < -0.3 is 26.0 Å². The molecule has 0 saturated carbocycles. The van der Waals surface area contributed by atoms with Crippen LogP contribution in [0.25, 0.3) is 0 Å². The number of nitrogens with one attached hydrogen (secondary N) is 2. The van der Waals surface area contributed by atoms with E-state index < -0.39 is 23.8 Å². The quantitative estimate of drug-likeness (QED) is 0.616. The number of likely N-dealkylation sites (tertiary alicyclic amines) is 1. The lowest BCUT2D eigenvalue weighted by molar-refractivity contribution is -0.148. The van der Waals surface area contributed by atoms with E-state index in [0.717, 1.165) is 5.56 Å². The third-order valence-electron chi connectivity index (χ3n) is 5.32. The van der Waals surface area contributed by atoms with Crippen molar-refractivity contribution in [2.24, 2.45) is 11.7 Å². The van der Waals surface area contributed by atoms with E-state index in [1.165, 1.54) is 17.2 Å². The van der Waals surface area contributed by atoms with E-state index in [1.54, 1.807) is 14.0 Å². The highest BCUT2D eigenvalue weighted by molar-refractivity contribution is 6.39. The number of anilines is 1. The predicted molar refractivity (Wildman–Crippen MR) is 116 cm³/mol. The molecule has 0 aliphatic carbocycles. The van der Waals surface area contributed by atoms with Crippen molar-refractivity contribution in [3.63, 3.8) is 0 Å². The molecule has 3 rings (SSSR count). The second-order valence-corrected chi connectivity index (χ2v) is 7.49. The van der Waals surface area contributed by atoms with E-state index in [-0.39, 0.29) is 30.1 Å². The molecule has 2 heterocycles. The number of hydrogen-bond acceptors (Lipinski definition) is 6. The van der Waals surface area contributed by atoms with Crippen LogP contribution in [0, 0.1) is 12.8 Å². The molecule has 0 bridgehead atoms. The number of aryl methyl sites for hydroxylation is 1. The van der Waals surface area contributed by atoms with E-state index >= 15 is 0 Å². The SMILES string of the molecule is CNC(=O)C1CCC(c2ccccc2)N(C(=O)C(=O)Nc2cnc(OC(N)=O)c(C)c2)C1. The van der Waals surface area contributed by atoms with Crippen LogP contribution in [0.4, 0.5) is 10.5 Å². The van der Waals surface area contributed by atoms with Crippen LogP contribution in [0.5, 0.6) is 5.88 Å². The van der Waals surface area contributed by atoms with Crippen molar-refractivity contribution in [2.75, 3.05) is 18.9 Å². The highest BCUT2D eigenvalue weighted by atomic mass is 16.6. The first-order valence-electron chi connectivity index (χ1n) is 10.1. The topological polar surface area (TPSA) is 144 Å². The number of primary amides is 1. The molecule has 1 aliphatic rings. The third kappa shape index (κ3) is 5.20. The number of carbonyl (C=O) groups excluding carboxylic acids is 4. The summed E-state index contributed by atoms with van der Waals surface area (Å²) in [5.74, 6) is -2.16. The van der Waals surface area contributed by atoms with Gasteiger partial charge >= 0.3 is 17.9 Å². The largest absolute Gasteiger partial charge is 0.411 e. The first kappa shape index (κ1) is 22.7. The van der Waals surface area contributed by atoms with Gasteiger partial charge in [-0.25, -0.2) is 9.78 Å². The van der Waals surface area contributed by atoms with Gasteiger partial charge in [0.2, 0.25) is 11.8 Å². The van der Waals surface area contributed by atoms with Crippen molar-refractivity contribution in [3.05, 3.63) is 53.7 Å². The van der Waals surface area contributed by atoms with Crippen molar-refractivity contribution >= 4 is 29.5 Å². The lowest BCUT2D eigenvalue weighted by Crippen LogP contribution is -2.49. The van der Waals surface area contributed by atoms with Crippen LogP contribution in [0.15, 0.2) is 42.6 Å². The third-order valence-corrected chi connectivity index (χ3v) is 5.32. The maximum absolute atomic E-state index is 13.1. The van der Waals surface area contributed by atoms with Gasteiger partial charge in [-0.2, -0.15) is 0 Å². The molecule has 4 N–H and O–H groups in total. The van der Waals surface area contributed by atoms with Crippen LogP contribution >= 0.6 is 0 Å². The van der Waals surface area contributed by atoms with Gasteiger partial charge in [0.05, 0.1) is 23.8 Å². The number of amides is 4. The van der Waals surface area contributed by atoms with Crippen LogP contribution in [0.3, 0.4) is 0 Å². The second kappa shape index (κ2) is 9.90. The van der Waals surface area contributed by atoms with Crippen LogP contribution in [-0.4, -0.2) is 47.3 Å². The second-order valence-electron chi connectivity index (χ2n) is 7.49. The van der Waals surface area contributed by atoms with Crippen LogP contribution in [-0.2, 0) is 14.4 Å². The Labute approximate surface area is 185 Å². The van der Waals surface area contributed by atoms with Gasteiger partial charge in [-0.15, -0.1) is 0 Å². The number of piperidine rings is 1. The van der Waals surface area contributed by atoms with Gasteiger partial charge in [-0.05, 0) is 31.4 Å². The minimum absolute atomic E-state index is 0.00965. The number of aromatic nitrogens is 1. The molecule has 10 heteroatoms. The highest BCUT2D eigenvalue weighted by Gasteiger charge is 2.37. The molecule has 2 unspecified atom stereocenters.